The largest absolute Gasteiger partial charge is 0.497 e. The molecule has 0 saturated heterocycles. The number of thiazole rings is 1. The summed E-state index contributed by atoms with van der Waals surface area (Å²) < 4.78 is 61.6. The number of esters is 1. The number of carbonyl (C=O) groups is 2. The number of nitrogens with one attached hydrogen (secondary N) is 1. The first kappa shape index (κ1) is 48.1. The van der Waals surface area contributed by atoms with Crippen LogP contribution in [0.1, 0.15) is 63.8 Å². The second-order valence-corrected chi connectivity index (χ2v) is 20.4. The molecule has 7 rings (SSSR count). The lowest BCUT2D eigenvalue weighted by atomic mass is 9.95. The second kappa shape index (κ2) is 19.9. The first-order chi connectivity index (χ1) is 31.8. The van der Waals surface area contributed by atoms with Crippen LogP contribution in [0, 0.1) is 0 Å². The van der Waals surface area contributed by atoms with Crippen LogP contribution in [-0.2, 0) is 50.3 Å². The Bertz CT molecular complexity index is 2930. The molecule has 1 amide bonds. The van der Waals surface area contributed by atoms with E-state index >= 15 is 8.42 Å². The van der Waals surface area contributed by atoms with Gasteiger partial charge >= 0.3 is 12.1 Å². The maximum atomic E-state index is 16.1. The van der Waals surface area contributed by atoms with Crippen LogP contribution >= 0.6 is 11.3 Å². The summed E-state index contributed by atoms with van der Waals surface area (Å²) in [5.41, 5.74) is 2.12. The molecule has 7 aromatic rings. The lowest BCUT2D eigenvalue weighted by Gasteiger charge is -2.27. The van der Waals surface area contributed by atoms with E-state index in [2.05, 4.69) is 15.6 Å². The third-order valence-electron chi connectivity index (χ3n) is 10.1. The Morgan fingerprint density at radius 3 is 1.79 bits per heavy atom. The molecule has 0 spiro atoms. The molecule has 2 heterocycles. The van der Waals surface area contributed by atoms with Crippen molar-refractivity contribution >= 4 is 48.8 Å². The molecule has 0 aliphatic carbocycles. The number of sulfonamides is 1. The number of fused-ring (bicyclic) bond motifs is 1. The Hall–Kier alpha value is -6.89. The van der Waals surface area contributed by atoms with E-state index in [0.717, 1.165) is 5.56 Å². The third-order valence-corrected chi connectivity index (χ3v) is 13.0. The maximum absolute atomic E-state index is 16.1. The van der Waals surface area contributed by atoms with E-state index in [0.29, 0.717) is 49.7 Å². The van der Waals surface area contributed by atoms with Gasteiger partial charge in [-0.3, -0.25) is 10.1 Å². The molecule has 2 aromatic heterocycles. The summed E-state index contributed by atoms with van der Waals surface area (Å²) in [5, 5.41) is 16.8. The average molecular weight is 948 g/mol. The van der Waals surface area contributed by atoms with Crippen molar-refractivity contribution in [1.82, 2.24) is 29.5 Å². The number of carbonyl (C=O) groups excluding carboxylic acids is 2. The topological polar surface area (TPSA) is 186 Å². The molecule has 0 aliphatic heterocycles. The lowest BCUT2D eigenvalue weighted by Crippen LogP contribution is -2.32. The van der Waals surface area contributed by atoms with Gasteiger partial charge in [-0.1, -0.05) is 72.0 Å². The molecule has 0 radical (unpaired) electrons. The van der Waals surface area contributed by atoms with Crippen LogP contribution in [0.2, 0.25) is 0 Å². The lowest BCUT2D eigenvalue weighted by molar-refractivity contribution is -0.153. The smallest absolute Gasteiger partial charge is 0.413 e. The molecule has 0 bridgehead atoms. The Morgan fingerprint density at radius 2 is 1.25 bits per heavy atom. The summed E-state index contributed by atoms with van der Waals surface area (Å²) in [6, 6.07) is 30.4. The number of amides is 1. The summed E-state index contributed by atoms with van der Waals surface area (Å²) >= 11 is 1.22. The van der Waals surface area contributed by atoms with E-state index in [1.807, 2.05) is 36.4 Å². The predicted octanol–water partition coefficient (Wildman–Crippen LogP) is 9.31. The minimum atomic E-state index is -4.66. The van der Waals surface area contributed by atoms with Crippen LogP contribution in [0.3, 0.4) is 0 Å². The number of aromatic nitrogens is 5. The van der Waals surface area contributed by atoms with Crippen molar-refractivity contribution in [3.8, 4) is 39.8 Å². The highest BCUT2D eigenvalue weighted by Gasteiger charge is 2.36. The van der Waals surface area contributed by atoms with Gasteiger partial charge in [0.25, 0.3) is 0 Å². The van der Waals surface area contributed by atoms with E-state index in [9.17, 15) is 9.59 Å². The van der Waals surface area contributed by atoms with Crippen molar-refractivity contribution in [2.24, 2.45) is 0 Å². The first-order valence-corrected chi connectivity index (χ1v) is 23.5. The number of ether oxygens (including phenoxy) is 5. The van der Waals surface area contributed by atoms with Gasteiger partial charge in [0, 0.05) is 18.7 Å². The molecular weight excluding hydrogens is 895 g/mol. The van der Waals surface area contributed by atoms with Crippen LogP contribution < -0.4 is 19.5 Å². The van der Waals surface area contributed by atoms with Crippen molar-refractivity contribution in [1.29, 1.82) is 0 Å². The molecule has 1 N–H and O–H groups in total. The van der Waals surface area contributed by atoms with E-state index < -0.39 is 39.7 Å². The number of tetrazole rings is 1. The van der Waals surface area contributed by atoms with E-state index in [-0.39, 0.29) is 46.6 Å². The molecule has 0 aliphatic rings. The molecule has 350 valence electrons. The number of benzene rings is 5. The van der Waals surface area contributed by atoms with Crippen molar-refractivity contribution < 1.29 is 41.7 Å². The number of nitrogens with zero attached hydrogens (tertiary/aromatic N) is 6. The summed E-state index contributed by atoms with van der Waals surface area (Å²) in [6.07, 6.45) is -1.09. The number of anilines is 1. The summed E-state index contributed by atoms with van der Waals surface area (Å²) in [7, 11) is 0.0421. The normalized spacial score (nSPS) is 12.0. The summed E-state index contributed by atoms with van der Waals surface area (Å²) in [5.74, 6) is 1.21. The monoisotopic (exact) mass is 947 g/mol. The fraction of sp³-hybridized carbons (Fsp3) is 0.306. The fourth-order valence-corrected chi connectivity index (χ4v) is 9.88. The van der Waals surface area contributed by atoms with Crippen molar-refractivity contribution in [2.75, 3.05) is 26.6 Å². The number of hydrogen-bond donors (Lipinski definition) is 1. The standard InChI is InChI=1S/C49H53N7O9S2/c1-48(2,3)64-41(57)27-34-19-26-38(39-11-10-12-40-43(39)50-46(66-40)51-47(58)65-49(4,5)6)42(45-52-54-56(53-45)30-33-17-24-37(63-9)25-18-33)44(34)67(59,60)55(28-31-13-20-35(61-7)21-14-31)29-32-15-22-36(62-8)23-16-32/h10-26H,27-30H2,1-9H3,(H,50,51,58). The minimum Gasteiger partial charge on any atom is -0.497 e. The molecule has 0 unspecified atom stereocenters. The third kappa shape index (κ3) is 11.9. The molecule has 18 heteroatoms. The highest BCUT2D eigenvalue weighted by atomic mass is 32.2. The Kier molecular flexibility index (Phi) is 14.3. The number of methoxy groups -OCH3 is 3. The van der Waals surface area contributed by atoms with Gasteiger partial charge in [0.2, 0.25) is 15.8 Å². The number of hydrogen-bond acceptors (Lipinski definition) is 14. The van der Waals surface area contributed by atoms with Crippen LogP contribution in [0.15, 0.2) is 108 Å². The molecule has 5 aromatic carbocycles. The van der Waals surface area contributed by atoms with Crippen molar-refractivity contribution in [3.63, 3.8) is 0 Å². The predicted molar refractivity (Wildman–Crippen MR) is 256 cm³/mol. The minimum absolute atomic E-state index is 0.0266. The van der Waals surface area contributed by atoms with Gasteiger partial charge in [-0.05, 0) is 117 Å². The van der Waals surface area contributed by atoms with Crippen molar-refractivity contribution in [2.45, 2.75) is 83.7 Å². The zero-order valence-corrected chi connectivity index (χ0v) is 40.5. The quantitative estimate of drug-likeness (QED) is 0.0905. The zero-order chi connectivity index (χ0) is 48.1. The van der Waals surface area contributed by atoms with Gasteiger partial charge in [-0.2, -0.15) is 9.10 Å². The molecular formula is C49H53N7O9S2. The van der Waals surface area contributed by atoms with E-state index in [1.54, 1.807) is 130 Å². The number of rotatable bonds is 16. The molecule has 67 heavy (non-hydrogen) atoms. The Labute approximate surface area is 393 Å². The SMILES string of the molecule is COc1ccc(CN(Cc2ccc(OC)cc2)S(=O)(=O)c2c(CC(=O)OC(C)(C)C)ccc(-c3cccc4sc(NC(=O)OC(C)(C)C)nc34)c2-c2nnn(Cc3ccc(OC)cc3)n2)cc1. The average Bonchev–Trinajstić information content (AvgIpc) is 3.92. The van der Waals surface area contributed by atoms with Crippen LogP contribution in [-0.4, -0.2) is 82.5 Å². The maximum Gasteiger partial charge on any atom is 0.413 e. The second-order valence-electron chi connectivity index (χ2n) is 17.5. The molecule has 0 saturated carbocycles. The van der Waals surface area contributed by atoms with Gasteiger partial charge in [0.05, 0.1) is 55.0 Å². The zero-order valence-electron chi connectivity index (χ0n) is 38.8. The molecule has 0 atom stereocenters. The van der Waals surface area contributed by atoms with Gasteiger partial charge in [-0.15, -0.1) is 10.2 Å². The van der Waals surface area contributed by atoms with Gasteiger partial charge in [0.1, 0.15) is 28.5 Å². The number of para-hydroxylation sites is 1. The van der Waals surface area contributed by atoms with Gasteiger partial charge in [-0.25, -0.2) is 18.2 Å². The van der Waals surface area contributed by atoms with Crippen LogP contribution in [0.4, 0.5) is 9.93 Å². The highest BCUT2D eigenvalue weighted by molar-refractivity contribution is 7.89. The first-order valence-electron chi connectivity index (χ1n) is 21.3. The Balaban J connectivity index is 1.48. The molecule has 16 nitrogen and oxygen atoms in total. The van der Waals surface area contributed by atoms with E-state index in [1.165, 1.54) is 20.4 Å². The highest BCUT2D eigenvalue weighted by Crippen LogP contribution is 2.43. The van der Waals surface area contributed by atoms with Crippen LogP contribution in [0.5, 0.6) is 17.2 Å². The fourth-order valence-electron chi connectivity index (χ4n) is 7.18. The van der Waals surface area contributed by atoms with Crippen molar-refractivity contribution in [3.05, 3.63) is 125 Å². The summed E-state index contributed by atoms with van der Waals surface area (Å²) in [6.45, 7) is 10.6. The molecule has 0 fully saturated rings. The summed E-state index contributed by atoms with van der Waals surface area (Å²) in [4.78, 5) is 32.7. The van der Waals surface area contributed by atoms with Gasteiger partial charge in [0.15, 0.2) is 5.13 Å². The van der Waals surface area contributed by atoms with E-state index in [4.69, 9.17) is 33.8 Å². The van der Waals surface area contributed by atoms with Gasteiger partial charge < -0.3 is 23.7 Å². The van der Waals surface area contributed by atoms with Crippen LogP contribution in [0.25, 0.3) is 32.7 Å². The Morgan fingerprint density at radius 1 is 0.701 bits per heavy atom.